The van der Waals surface area contributed by atoms with Crippen molar-refractivity contribution in [1.82, 2.24) is 20.8 Å². The Hall–Kier alpha value is -3.77. The minimum atomic E-state index is -2.85. The van der Waals surface area contributed by atoms with Crippen molar-refractivity contribution in [2.24, 2.45) is 16.1 Å². The average Bonchev–Trinajstić information content (AvgIpc) is 3.37. The zero-order chi connectivity index (χ0) is 25.3. The van der Waals surface area contributed by atoms with Crippen LogP contribution in [-0.2, 0) is 27.4 Å². The van der Waals surface area contributed by atoms with Gasteiger partial charge >= 0.3 is 6.61 Å². The molecule has 1 unspecified atom stereocenters. The number of amides is 2. The summed E-state index contributed by atoms with van der Waals surface area (Å²) in [5, 5.41) is 17.5. The maximum absolute atomic E-state index is 12.2. The molecule has 1 aromatic carbocycles. The number of aromatic nitrogens is 2. The maximum Gasteiger partial charge on any atom is 0.345 e. The molecule has 1 aromatic heterocycles. The highest BCUT2D eigenvalue weighted by Crippen LogP contribution is 2.27. The molecule has 13 heteroatoms. The Kier molecular flexibility index (Phi) is 10.2. The summed E-state index contributed by atoms with van der Waals surface area (Å²) in [5.74, 6) is 0.314. The van der Waals surface area contributed by atoms with Crippen LogP contribution in [0.15, 0.2) is 74.7 Å². The number of nitrogens with one attached hydrogen (secondary N) is 2. The van der Waals surface area contributed by atoms with Gasteiger partial charge in [-0.15, -0.1) is 22.6 Å². The number of carbonyl (C=O) groups is 2. The fourth-order valence-corrected chi connectivity index (χ4v) is 3.60. The lowest BCUT2D eigenvalue weighted by atomic mass is 9.93. The molecule has 2 aromatic rings. The summed E-state index contributed by atoms with van der Waals surface area (Å²) < 4.78 is 34.0. The first kappa shape index (κ1) is 27.8. The van der Waals surface area contributed by atoms with Crippen LogP contribution in [0.4, 0.5) is 8.78 Å². The normalized spacial score (nSPS) is 16.1. The summed E-state index contributed by atoms with van der Waals surface area (Å²) >= 11 is 0. The Bertz CT molecular complexity index is 1230. The number of hydrogen-bond donors (Lipinski definition) is 2. The molecular weight excluding hydrogens is 510 g/mol. The summed E-state index contributed by atoms with van der Waals surface area (Å²) in [4.78, 5) is 28.3. The van der Waals surface area contributed by atoms with Crippen molar-refractivity contribution in [2.75, 3.05) is 13.1 Å². The summed E-state index contributed by atoms with van der Waals surface area (Å²) in [6.07, 6.45) is 8.35. The molecule has 37 heavy (non-hydrogen) atoms. The van der Waals surface area contributed by atoms with Crippen LogP contribution in [0.25, 0.3) is 11.4 Å². The molecule has 1 aliphatic heterocycles. The van der Waals surface area contributed by atoms with Crippen LogP contribution in [0, 0.1) is 5.92 Å². The smallest absolute Gasteiger partial charge is 0.345 e. The van der Waals surface area contributed by atoms with E-state index in [9.17, 15) is 18.4 Å². The summed E-state index contributed by atoms with van der Waals surface area (Å²) in [6, 6.07) is 6.72. The van der Waals surface area contributed by atoms with Gasteiger partial charge in [0.2, 0.25) is 17.6 Å². The minimum absolute atomic E-state index is 0. The van der Waals surface area contributed by atoms with Gasteiger partial charge in [0.05, 0.1) is 12.5 Å². The van der Waals surface area contributed by atoms with Gasteiger partial charge in [-0.3, -0.25) is 9.59 Å². The highest BCUT2D eigenvalue weighted by molar-refractivity contribution is 5.86. The molecule has 2 aliphatic rings. The highest BCUT2D eigenvalue weighted by atomic mass is 35.5. The van der Waals surface area contributed by atoms with Gasteiger partial charge in [0, 0.05) is 37.1 Å². The van der Waals surface area contributed by atoms with E-state index in [1.165, 1.54) is 0 Å². The van der Waals surface area contributed by atoms with Crippen LogP contribution >= 0.6 is 12.4 Å². The van der Waals surface area contributed by atoms with E-state index in [-0.39, 0.29) is 43.7 Å². The molecule has 2 N–H and O–H groups in total. The Morgan fingerprint density at radius 3 is 2.89 bits per heavy atom. The molecule has 0 saturated heterocycles. The highest BCUT2D eigenvalue weighted by Gasteiger charge is 2.26. The third kappa shape index (κ3) is 7.86. The number of aryl methyl sites for hydroxylation is 1. The van der Waals surface area contributed by atoms with E-state index in [4.69, 9.17) is 4.52 Å². The molecule has 1 atom stereocenters. The van der Waals surface area contributed by atoms with E-state index < -0.39 is 12.5 Å². The number of rotatable bonds is 12. The van der Waals surface area contributed by atoms with E-state index in [2.05, 4.69) is 35.7 Å². The first-order chi connectivity index (χ1) is 17.5. The van der Waals surface area contributed by atoms with Crippen molar-refractivity contribution in [1.29, 1.82) is 0 Å². The van der Waals surface area contributed by atoms with E-state index in [1.54, 1.807) is 30.3 Å². The molecule has 196 valence electrons. The second-order valence-corrected chi connectivity index (χ2v) is 7.98. The number of alkyl halides is 2. The van der Waals surface area contributed by atoms with Gasteiger partial charge in [-0.25, -0.2) is 0 Å². The fourth-order valence-electron chi connectivity index (χ4n) is 3.60. The number of nitrogens with zero attached hydrogens (tertiary/aromatic N) is 4. The van der Waals surface area contributed by atoms with Gasteiger partial charge in [-0.1, -0.05) is 47.7 Å². The van der Waals surface area contributed by atoms with E-state index >= 15 is 0 Å². The van der Waals surface area contributed by atoms with Crippen LogP contribution in [0.3, 0.4) is 0 Å². The lowest BCUT2D eigenvalue weighted by Crippen LogP contribution is -2.28. The first-order valence-electron chi connectivity index (χ1n) is 11.4. The first-order valence-corrected chi connectivity index (χ1v) is 11.4. The molecule has 4 rings (SSSR count). The summed E-state index contributed by atoms with van der Waals surface area (Å²) in [5.41, 5.74) is 1.94. The van der Waals surface area contributed by atoms with Crippen LogP contribution < -0.4 is 10.6 Å². The molecular formula is C24H25ClF2N6O4. The summed E-state index contributed by atoms with van der Waals surface area (Å²) in [6.45, 7) is -2.08. The van der Waals surface area contributed by atoms with Crippen molar-refractivity contribution < 1.29 is 27.6 Å². The molecule has 0 radical (unpaired) electrons. The van der Waals surface area contributed by atoms with Crippen molar-refractivity contribution in [3.63, 3.8) is 0 Å². The number of fused-ring (bicyclic) bond motifs is 1. The zero-order valence-corrected chi connectivity index (χ0v) is 20.4. The van der Waals surface area contributed by atoms with E-state index in [0.29, 0.717) is 48.2 Å². The predicted molar refractivity (Wildman–Crippen MR) is 130 cm³/mol. The SMILES string of the molecule is Cl.O=C(CCc1nc(-c2cccc(COC(F)F)c2)no1)NCCCNC1=C2C=CC=CC2C(=O)N=N1. The standard InChI is InChI=1S/C24H24F2N6O4.ClH/c25-24(26)35-14-15-5-3-6-16(13-15)21-29-20(36-32-21)10-9-19(33)27-11-4-12-28-22-17-7-1-2-8-18(17)23(34)31-30-22;/h1-3,5-8,13,18,24,28H,4,9-12,14H2,(H,27,33);1H. The molecule has 0 fully saturated rings. The van der Waals surface area contributed by atoms with Crippen LogP contribution in [-0.4, -0.2) is 41.7 Å². The summed E-state index contributed by atoms with van der Waals surface area (Å²) in [7, 11) is 0. The number of halogens is 3. The Balaban J connectivity index is 0.00000380. The molecule has 0 bridgehead atoms. The predicted octanol–water partition coefficient (Wildman–Crippen LogP) is 3.87. The molecule has 0 spiro atoms. The van der Waals surface area contributed by atoms with Gasteiger partial charge in [0.1, 0.15) is 0 Å². The van der Waals surface area contributed by atoms with Crippen molar-refractivity contribution in [2.45, 2.75) is 32.5 Å². The lowest BCUT2D eigenvalue weighted by Gasteiger charge is -2.20. The average molecular weight is 535 g/mol. The molecule has 1 aliphatic carbocycles. The van der Waals surface area contributed by atoms with Crippen molar-refractivity contribution in [3.8, 4) is 11.4 Å². The number of allylic oxidation sites excluding steroid dienone is 3. The second kappa shape index (κ2) is 13.5. The fraction of sp³-hybridized carbons (Fsp3) is 0.333. The minimum Gasteiger partial charge on any atom is -0.368 e. The van der Waals surface area contributed by atoms with Crippen LogP contribution in [0.2, 0.25) is 0 Å². The number of carbonyl (C=O) groups excluding carboxylic acids is 2. The number of azo groups is 1. The second-order valence-electron chi connectivity index (χ2n) is 7.98. The third-order valence-electron chi connectivity index (χ3n) is 5.38. The van der Waals surface area contributed by atoms with Crippen LogP contribution in [0.1, 0.15) is 24.3 Å². The largest absolute Gasteiger partial charge is 0.368 e. The van der Waals surface area contributed by atoms with Gasteiger partial charge < -0.3 is 19.9 Å². The number of hydrogen-bond acceptors (Lipinski definition) is 8. The van der Waals surface area contributed by atoms with Crippen molar-refractivity contribution >= 4 is 24.2 Å². The lowest BCUT2D eigenvalue weighted by molar-refractivity contribution is -0.137. The Morgan fingerprint density at radius 1 is 1.19 bits per heavy atom. The molecule has 10 nitrogen and oxygen atoms in total. The van der Waals surface area contributed by atoms with E-state index in [1.807, 2.05) is 18.2 Å². The van der Waals surface area contributed by atoms with Gasteiger partial charge in [-0.05, 0) is 18.1 Å². The Labute approximate surface area is 217 Å². The topological polar surface area (TPSA) is 131 Å². The Morgan fingerprint density at radius 2 is 2.05 bits per heavy atom. The molecule has 0 saturated carbocycles. The zero-order valence-electron chi connectivity index (χ0n) is 19.6. The molecule has 2 heterocycles. The number of benzene rings is 1. The van der Waals surface area contributed by atoms with Crippen molar-refractivity contribution in [3.05, 3.63) is 71.4 Å². The number of ether oxygens (including phenoxy) is 1. The van der Waals surface area contributed by atoms with E-state index in [0.717, 1.165) is 5.57 Å². The van der Waals surface area contributed by atoms with Gasteiger partial charge in [0.25, 0.3) is 5.91 Å². The van der Waals surface area contributed by atoms with Gasteiger partial charge in [-0.2, -0.15) is 13.8 Å². The molecule has 2 amide bonds. The maximum atomic E-state index is 12.2. The third-order valence-corrected chi connectivity index (χ3v) is 5.38. The monoisotopic (exact) mass is 534 g/mol. The quantitative estimate of drug-likeness (QED) is 0.395. The van der Waals surface area contributed by atoms with Crippen LogP contribution in [0.5, 0.6) is 0 Å². The van der Waals surface area contributed by atoms with Gasteiger partial charge in [0.15, 0.2) is 5.82 Å².